The normalized spacial score (nSPS) is 13.6. The minimum atomic E-state index is -0.347. The second-order valence-electron chi connectivity index (χ2n) is 8.80. The first-order chi connectivity index (χ1) is 13.2. The van der Waals surface area contributed by atoms with E-state index in [0.29, 0.717) is 6.54 Å². The van der Waals surface area contributed by atoms with Crippen LogP contribution in [0.2, 0.25) is 0 Å². The van der Waals surface area contributed by atoms with Gasteiger partial charge in [0.05, 0.1) is 12.1 Å². The summed E-state index contributed by atoms with van der Waals surface area (Å²) in [6.45, 7) is 13.8. The first-order valence-corrected chi connectivity index (χ1v) is 10.1. The number of carbonyl (C=O) groups is 1. The molecule has 0 spiro atoms. The number of rotatable bonds is 4. The zero-order chi connectivity index (χ0) is 20.5. The van der Waals surface area contributed by atoms with Crippen LogP contribution in [0.1, 0.15) is 65.4 Å². The maximum absolute atomic E-state index is 13.3. The molecule has 0 aliphatic carbocycles. The van der Waals surface area contributed by atoms with Crippen molar-refractivity contribution in [3.05, 3.63) is 63.7 Å². The molecule has 2 aromatic rings. The van der Waals surface area contributed by atoms with E-state index < -0.39 is 0 Å². The first kappa shape index (κ1) is 20.4. The highest BCUT2D eigenvalue weighted by Gasteiger charge is 2.28. The summed E-state index contributed by atoms with van der Waals surface area (Å²) in [5.41, 5.74) is 9.74. The number of aryl methyl sites for hydroxylation is 2. The van der Waals surface area contributed by atoms with E-state index in [1.165, 1.54) is 16.7 Å². The predicted octanol–water partition coefficient (Wildman–Crippen LogP) is 4.88. The van der Waals surface area contributed by atoms with E-state index >= 15 is 0 Å². The number of ether oxygens (including phenoxy) is 1. The monoisotopic (exact) mass is 380 g/mol. The molecule has 0 bridgehead atoms. The molecule has 1 aliphatic heterocycles. The second kappa shape index (κ2) is 7.96. The third-order valence-electron chi connectivity index (χ3n) is 5.27. The highest BCUT2D eigenvalue weighted by atomic mass is 16.5. The Morgan fingerprint density at radius 3 is 2.43 bits per heavy atom. The summed E-state index contributed by atoms with van der Waals surface area (Å²) in [6, 6.07) is 10.2. The third kappa shape index (κ3) is 4.39. The molecule has 3 rings (SSSR count). The highest BCUT2D eigenvalue weighted by molar-refractivity contribution is 5.94. The van der Waals surface area contributed by atoms with Crippen molar-refractivity contribution in [2.24, 2.45) is 0 Å². The molecule has 0 saturated carbocycles. The molecule has 2 aromatic carbocycles. The lowest BCUT2D eigenvalue weighted by molar-refractivity contribution is 0.0390. The van der Waals surface area contributed by atoms with E-state index in [1.807, 2.05) is 46.8 Å². The van der Waals surface area contributed by atoms with Crippen molar-refractivity contribution in [2.45, 2.75) is 66.5 Å². The maximum Gasteiger partial charge on any atom is 0.268 e. The molecule has 1 heterocycles. The number of carbonyl (C=O) groups excluding carboxylic acids is 1. The van der Waals surface area contributed by atoms with Gasteiger partial charge in [0.2, 0.25) is 0 Å². The molecule has 0 atom stereocenters. The van der Waals surface area contributed by atoms with Crippen molar-refractivity contribution in [1.29, 1.82) is 0 Å². The average Bonchev–Trinajstić information content (AvgIpc) is 2.61. The van der Waals surface area contributed by atoms with Crippen LogP contribution >= 0.6 is 0 Å². The zero-order valence-electron chi connectivity index (χ0n) is 18.0. The van der Waals surface area contributed by atoms with Crippen molar-refractivity contribution in [3.8, 4) is 5.75 Å². The fourth-order valence-electron chi connectivity index (χ4n) is 3.85. The molecule has 1 N–H and O–H groups in total. The molecule has 0 unspecified atom stereocenters. The number of hydrogen-bond acceptors (Lipinski definition) is 3. The number of nitrogens with zero attached hydrogens (tertiary/aromatic N) is 1. The Bertz CT molecular complexity index is 861. The van der Waals surface area contributed by atoms with Gasteiger partial charge >= 0.3 is 0 Å². The van der Waals surface area contributed by atoms with Crippen LogP contribution in [0.4, 0.5) is 0 Å². The second-order valence-corrected chi connectivity index (χ2v) is 8.80. The van der Waals surface area contributed by atoms with E-state index in [1.54, 1.807) is 5.01 Å². The molecule has 0 aromatic heterocycles. The van der Waals surface area contributed by atoms with Gasteiger partial charge in [-0.25, -0.2) is 5.43 Å². The largest absolute Gasteiger partial charge is 0.493 e. The van der Waals surface area contributed by atoms with Gasteiger partial charge in [0, 0.05) is 12.1 Å². The molecule has 4 nitrogen and oxygen atoms in total. The molecular formula is C24H32N2O2. The van der Waals surface area contributed by atoms with Crippen LogP contribution < -0.4 is 10.2 Å². The Kier molecular flexibility index (Phi) is 5.80. The summed E-state index contributed by atoms with van der Waals surface area (Å²) in [4.78, 5) is 13.3. The summed E-state index contributed by atoms with van der Waals surface area (Å²) in [5.74, 6) is 1.00. The van der Waals surface area contributed by atoms with Crippen molar-refractivity contribution in [1.82, 2.24) is 10.4 Å². The Morgan fingerprint density at radius 2 is 1.79 bits per heavy atom. The molecule has 0 radical (unpaired) electrons. The van der Waals surface area contributed by atoms with Crippen LogP contribution in [0.3, 0.4) is 0 Å². The summed E-state index contributed by atoms with van der Waals surface area (Å²) >= 11 is 0. The average molecular weight is 381 g/mol. The van der Waals surface area contributed by atoms with Gasteiger partial charge in [-0.3, -0.25) is 9.80 Å². The smallest absolute Gasteiger partial charge is 0.268 e. The predicted molar refractivity (Wildman–Crippen MR) is 114 cm³/mol. The topological polar surface area (TPSA) is 41.6 Å². The van der Waals surface area contributed by atoms with Gasteiger partial charge in [-0.2, -0.15) is 0 Å². The Hall–Kier alpha value is -2.33. The molecular weight excluding hydrogens is 348 g/mol. The van der Waals surface area contributed by atoms with Gasteiger partial charge in [0.1, 0.15) is 5.75 Å². The van der Waals surface area contributed by atoms with Gasteiger partial charge in [0.25, 0.3) is 5.91 Å². The number of hydrazine groups is 1. The van der Waals surface area contributed by atoms with Gasteiger partial charge in [0.15, 0.2) is 0 Å². The van der Waals surface area contributed by atoms with Crippen molar-refractivity contribution in [3.63, 3.8) is 0 Å². The lowest BCUT2D eigenvalue weighted by Crippen LogP contribution is -2.53. The fourth-order valence-corrected chi connectivity index (χ4v) is 3.85. The van der Waals surface area contributed by atoms with Gasteiger partial charge in [-0.1, -0.05) is 23.3 Å². The van der Waals surface area contributed by atoms with Crippen LogP contribution in [0.5, 0.6) is 5.75 Å². The highest BCUT2D eigenvalue weighted by Crippen LogP contribution is 2.30. The molecule has 28 heavy (non-hydrogen) atoms. The van der Waals surface area contributed by atoms with Gasteiger partial charge in [-0.05, 0) is 89.3 Å². The van der Waals surface area contributed by atoms with Crippen molar-refractivity contribution >= 4 is 5.91 Å². The molecule has 1 amide bonds. The van der Waals surface area contributed by atoms with Gasteiger partial charge < -0.3 is 4.74 Å². The van der Waals surface area contributed by atoms with E-state index in [0.717, 1.165) is 41.9 Å². The number of hydrogen-bond donors (Lipinski definition) is 1. The van der Waals surface area contributed by atoms with E-state index in [-0.39, 0.29) is 11.4 Å². The van der Waals surface area contributed by atoms with Crippen LogP contribution in [-0.2, 0) is 13.0 Å². The summed E-state index contributed by atoms with van der Waals surface area (Å²) in [7, 11) is 0. The SMILES string of the molecule is Cc1cc(C)cc(C(=O)N(NCc2ccc3c(c2C)CCCO3)C(C)(C)C)c1. The summed E-state index contributed by atoms with van der Waals surface area (Å²) in [5, 5.41) is 1.76. The van der Waals surface area contributed by atoms with Crippen molar-refractivity contribution in [2.75, 3.05) is 6.61 Å². The lowest BCUT2D eigenvalue weighted by Gasteiger charge is -2.36. The Morgan fingerprint density at radius 1 is 1.11 bits per heavy atom. The van der Waals surface area contributed by atoms with Crippen LogP contribution in [0, 0.1) is 20.8 Å². The van der Waals surface area contributed by atoms with Crippen molar-refractivity contribution < 1.29 is 9.53 Å². The Balaban J connectivity index is 1.83. The van der Waals surface area contributed by atoms with E-state index in [9.17, 15) is 4.79 Å². The number of benzene rings is 2. The number of nitrogens with one attached hydrogen (secondary N) is 1. The molecule has 4 heteroatoms. The van der Waals surface area contributed by atoms with Gasteiger partial charge in [-0.15, -0.1) is 0 Å². The minimum Gasteiger partial charge on any atom is -0.493 e. The Labute approximate surface area is 168 Å². The molecule has 0 fully saturated rings. The summed E-state index contributed by atoms with van der Waals surface area (Å²) < 4.78 is 5.77. The summed E-state index contributed by atoms with van der Waals surface area (Å²) in [6.07, 6.45) is 2.11. The van der Waals surface area contributed by atoms with Crippen LogP contribution in [0.25, 0.3) is 0 Å². The minimum absolute atomic E-state index is 0.00162. The standard InChI is InChI=1S/C24H32N2O2/c1-16-12-17(2)14-20(13-16)23(27)26(24(4,5)6)25-15-19-9-10-22-21(18(19)3)8-7-11-28-22/h9-10,12-14,25H,7-8,11,15H2,1-6H3. The number of fused-ring (bicyclic) bond motifs is 1. The van der Waals surface area contributed by atoms with Crippen LogP contribution in [0.15, 0.2) is 30.3 Å². The quantitative estimate of drug-likeness (QED) is 0.769. The molecule has 150 valence electrons. The third-order valence-corrected chi connectivity index (χ3v) is 5.27. The fraction of sp³-hybridized carbons (Fsp3) is 0.458. The zero-order valence-corrected chi connectivity index (χ0v) is 18.0. The van der Waals surface area contributed by atoms with Crippen LogP contribution in [-0.4, -0.2) is 23.1 Å². The first-order valence-electron chi connectivity index (χ1n) is 10.1. The van der Waals surface area contributed by atoms with E-state index in [4.69, 9.17) is 4.74 Å². The number of amides is 1. The maximum atomic E-state index is 13.3. The lowest BCUT2D eigenvalue weighted by atomic mass is 9.96. The molecule has 1 aliphatic rings. The van der Waals surface area contributed by atoms with E-state index in [2.05, 4.69) is 30.5 Å². The molecule has 0 saturated heterocycles.